The summed E-state index contributed by atoms with van der Waals surface area (Å²) in [7, 11) is 2.18. The van der Waals surface area contributed by atoms with E-state index in [0.29, 0.717) is 12.8 Å². The Bertz CT molecular complexity index is 408. The molecule has 0 saturated carbocycles. The number of likely N-dealkylation sites (N-methyl/N-ethyl adjacent to an activating group) is 1. The van der Waals surface area contributed by atoms with Crippen molar-refractivity contribution in [2.24, 2.45) is 0 Å². The van der Waals surface area contributed by atoms with Gasteiger partial charge in [-0.05, 0) is 37.7 Å². The van der Waals surface area contributed by atoms with Crippen LogP contribution in [0.5, 0.6) is 11.5 Å². The topological polar surface area (TPSA) is 33.7 Å². The first kappa shape index (κ1) is 10.9. The first-order valence-electron chi connectivity index (χ1n) is 6.15. The van der Waals surface area contributed by atoms with Gasteiger partial charge in [0, 0.05) is 19.1 Å². The van der Waals surface area contributed by atoms with Gasteiger partial charge in [-0.3, -0.25) is 4.90 Å². The third kappa shape index (κ3) is 2.10. The third-order valence-electron chi connectivity index (χ3n) is 3.55. The minimum Gasteiger partial charge on any atom is -0.454 e. The molecule has 4 heteroatoms. The summed E-state index contributed by atoms with van der Waals surface area (Å²) in [4.78, 5) is 2.40. The Morgan fingerprint density at radius 2 is 2.12 bits per heavy atom. The zero-order valence-corrected chi connectivity index (χ0v) is 10.1. The molecule has 17 heavy (non-hydrogen) atoms. The van der Waals surface area contributed by atoms with Gasteiger partial charge in [-0.25, -0.2) is 0 Å². The number of rotatable bonds is 1. The lowest BCUT2D eigenvalue weighted by Gasteiger charge is -2.25. The highest BCUT2D eigenvalue weighted by Gasteiger charge is 2.22. The Hall–Kier alpha value is -1.26. The van der Waals surface area contributed by atoms with Crippen molar-refractivity contribution in [3.05, 3.63) is 23.8 Å². The highest BCUT2D eigenvalue weighted by atomic mass is 16.7. The zero-order valence-electron chi connectivity index (χ0n) is 10.1. The second-order valence-electron chi connectivity index (χ2n) is 4.65. The molecule has 2 aliphatic rings. The summed E-state index contributed by atoms with van der Waals surface area (Å²) in [6.45, 7) is 3.57. The van der Waals surface area contributed by atoms with Gasteiger partial charge in [0.15, 0.2) is 11.5 Å². The van der Waals surface area contributed by atoms with E-state index in [1.807, 2.05) is 6.07 Å². The van der Waals surface area contributed by atoms with Crippen LogP contribution in [-0.4, -0.2) is 38.4 Å². The smallest absolute Gasteiger partial charge is 0.231 e. The molecular formula is C13H18N2O2. The minimum atomic E-state index is 0.348. The predicted molar refractivity (Wildman–Crippen MR) is 65.4 cm³/mol. The van der Waals surface area contributed by atoms with Crippen molar-refractivity contribution in [3.63, 3.8) is 0 Å². The Morgan fingerprint density at radius 1 is 1.24 bits per heavy atom. The lowest BCUT2D eigenvalue weighted by atomic mass is 10.0. The number of benzene rings is 1. The summed E-state index contributed by atoms with van der Waals surface area (Å²) in [5.74, 6) is 1.75. The van der Waals surface area contributed by atoms with Crippen molar-refractivity contribution < 1.29 is 9.47 Å². The summed E-state index contributed by atoms with van der Waals surface area (Å²) in [6, 6.07) is 6.76. The molecule has 0 aromatic heterocycles. The first-order valence-corrected chi connectivity index (χ1v) is 6.15. The molecule has 1 aromatic rings. The molecule has 1 aromatic carbocycles. The average molecular weight is 234 g/mol. The van der Waals surface area contributed by atoms with Gasteiger partial charge in [0.1, 0.15) is 0 Å². The Morgan fingerprint density at radius 3 is 3.06 bits per heavy atom. The van der Waals surface area contributed by atoms with E-state index in [4.69, 9.17) is 9.47 Å². The predicted octanol–water partition coefficient (Wildman–Crippen LogP) is 1.38. The van der Waals surface area contributed by atoms with Crippen LogP contribution in [0, 0.1) is 0 Å². The minimum absolute atomic E-state index is 0.348. The van der Waals surface area contributed by atoms with Crippen molar-refractivity contribution in [1.82, 2.24) is 10.2 Å². The molecule has 3 rings (SSSR count). The highest BCUT2D eigenvalue weighted by molar-refractivity contribution is 5.45. The number of ether oxygens (including phenoxy) is 2. The molecule has 2 aliphatic heterocycles. The lowest BCUT2D eigenvalue weighted by molar-refractivity contribution is 0.174. The number of hydrogen-bond donors (Lipinski definition) is 1. The van der Waals surface area contributed by atoms with Crippen LogP contribution in [0.25, 0.3) is 0 Å². The molecule has 0 radical (unpaired) electrons. The standard InChI is InChI=1S/C13H18N2O2/c1-15-7-6-14-5-4-11(15)10-2-3-12-13(8-10)17-9-16-12/h2-3,8,11,14H,4-7,9H2,1H3. The van der Waals surface area contributed by atoms with Gasteiger partial charge in [0.05, 0.1) is 0 Å². The van der Waals surface area contributed by atoms with Crippen molar-refractivity contribution in [2.75, 3.05) is 33.5 Å². The fourth-order valence-electron chi connectivity index (χ4n) is 2.54. The molecule has 0 bridgehead atoms. The van der Waals surface area contributed by atoms with Gasteiger partial charge in [-0.2, -0.15) is 0 Å². The van der Waals surface area contributed by atoms with Crippen LogP contribution in [0.15, 0.2) is 18.2 Å². The van der Waals surface area contributed by atoms with E-state index >= 15 is 0 Å². The van der Waals surface area contributed by atoms with Gasteiger partial charge in [-0.15, -0.1) is 0 Å². The van der Waals surface area contributed by atoms with Gasteiger partial charge in [0.2, 0.25) is 6.79 Å². The largest absolute Gasteiger partial charge is 0.454 e. The molecular weight excluding hydrogens is 216 g/mol. The number of fused-ring (bicyclic) bond motifs is 1. The Kier molecular flexibility index (Phi) is 2.91. The van der Waals surface area contributed by atoms with E-state index in [9.17, 15) is 0 Å². The van der Waals surface area contributed by atoms with Gasteiger partial charge >= 0.3 is 0 Å². The van der Waals surface area contributed by atoms with E-state index in [2.05, 4.69) is 29.4 Å². The molecule has 0 aliphatic carbocycles. The first-order chi connectivity index (χ1) is 8.34. The van der Waals surface area contributed by atoms with Crippen LogP contribution in [0.4, 0.5) is 0 Å². The van der Waals surface area contributed by atoms with Crippen molar-refractivity contribution >= 4 is 0 Å². The van der Waals surface area contributed by atoms with Crippen LogP contribution in [0.1, 0.15) is 18.0 Å². The Labute approximate surface area is 102 Å². The summed E-state index contributed by atoms with van der Waals surface area (Å²) >= 11 is 0. The molecule has 92 valence electrons. The summed E-state index contributed by atoms with van der Waals surface area (Å²) in [5.41, 5.74) is 1.32. The lowest BCUT2D eigenvalue weighted by Crippen LogP contribution is -2.26. The normalized spacial score (nSPS) is 24.6. The maximum atomic E-state index is 5.44. The maximum absolute atomic E-state index is 5.44. The molecule has 1 N–H and O–H groups in total. The van der Waals surface area contributed by atoms with E-state index in [1.54, 1.807) is 0 Å². The van der Waals surface area contributed by atoms with Crippen LogP contribution < -0.4 is 14.8 Å². The van der Waals surface area contributed by atoms with Crippen molar-refractivity contribution in [1.29, 1.82) is 0 Å². The van der Waals surface area contributed by atoms with Gasteiger partial charge in [-0.1, -0.05) is 6.07 Å². The van der Waals surface area contributed by atoms with Gasteiger partial charge in [0.25, 0.3) is 0 Å². The SMILES string of the molecule is CN1CCNCCC1c1ccc2c(c1)OCO2. The zero-order chi connectivity index (χ0) is 11.7. The second-order valence-corrected chi connectivity index (χ2v) is 4.65. The molecule has 1 saturated heterocycles. The van der Waals surface area contributed by atoms with E-state index in [0.717, 1.165) is 37.6 Å². The molecule has 4 nitrogen and oxygen atoms in total. The maximum Gasteiger partial charge on any atom is 0.231 e. The number of nitrogens with one attached hydrogen (secondary N) is 1. The fraction of sp³-hybridized carbons (Fsp3) is 0.538. The fourth-order valence-corrected chi connectivity index (χ4v) is 2.54. The van der Waals surface area contributed by atoms with Crippen molar-refractivity contribution in [3.8, 4) is 11.5 Å². The Balaban J connectivity index is 1.87. The van der Waals surface area contributed by atoms with Crippen LogP contribution in [-0.2, 0) is 0 Å². The van der Waals surface area contributed by atoms with Crippen molar-refractivity contribution in [2.45, 2.75) is 12.5 Å². The van der Waals surface area contributed by atoms with E-state index in [-0.39, 0.29) is 0 Å². The van der Waals surface area contributed by atoms with Crippen LogP contribution in [0.2, 0.25) is 0 Å². The second kappa shape index (κ2) is 4.55. The highest BCUT2D eigenvalue weighted by Crippen LogP contribution is 2.36. The molecule has 2 heterocycles. The molecule has 1 unspecified atom stereocenters. The number of hydrogen-bond acceptors (Lipinski definition) is 4. The number of nitrogens with zero attached hydrogens (tertiary/aromatic N) is 1. The average Bonchev–Trinajstić information content (AvgIpc) is 2.70. The van der Waals surface area contributed by atoms with Crippen LogP contribution >= 0.6 is 0 Å². The van der Waals surface area contributed by atoms with E-state index < -0.39 is 0 Å². The molecule has 0 spiro atoms. The quantitative estimate of drug-likeness (QED) is 0.796. The van der Waals surface area contributed by atoms with Gasteiger partial charge < -0.3 is 14.8 Å². The summed E-state index contributed by atoms with van der Waals surface area (Å²) in [5, 5.41) is 3.43. The summed E-state index contributed by atoms with van der Waals surface area (Å²) in [6.07, 6.45) is 1.14. The van der Waals surface area contributed by atoms with Crippen LogP contribution in [0.3, 0.4) is 0 Å². The molecule has 1 fully saturated rings. The third-order valence-corrected chi connectivity index (χ3v) is 3.55. The monoisotopic (exact) mass is 234 g/mol. The summed E-state index contributed by atoms with van der Waals surface area (Å²) < 4.78 is 10.8. The molecule has 1 atom stereocenters. The molecule has 0 amide bonds. The van der Waals surface area contributed by atoms with E-state index in [1.165, 1.54) is 5.56 Å².